The van der Waals surface area contributed by atoms with E-state index in [0.717, 1.165) is 0 Å². The average Bonchev–Trinajstić information content (AvgIpc) is 2.62. The molecule has 4 atom stereocenters. The van der Waals surface area contributed by atoms with Gasteiger partial charge in [0.25, 0.3) is 0 Å². The van der Waals surface area contributed by atoms with Gasteiger partial charge in [0.2, 0.25) is 0 Å². The van der Waals surface area contributed by atoms with Crippen LogP contribution >= 0.6 is 0 Å². The third-order valence-corrected chi connectivity index (χ3v) is 5.49. The van der Waals surface area contributed by atoms with Crippen LogP contribution in [0.5, 0.6) is 0 Å². The van der Waals surface area contributed by atoms with Crippen molar-refractivity contribution in [3.8, 4) is 0 Å². The summed E-state index contributed by atoms with van der Waals surface area (Å²) in [7, 11) is 0. The van der Waals surface area contributed by atoms with Crippen molar-refractivity contribution in [1.29, 1.82) is 0 Å². The van der Waals surface area contributed by atoms with Gasteiger partial charge in [-0.2, -0.15) is 0 Å². The Bertz CT molecular complexity index is 682. The molecule has 1 saturated heterocycles. The van der Waals surface area contributed by atoms with Crippen molar-refractivity contribution in [1.82, 2.24) is 5.32 Å². The molecule has 1 heterocycles. The van der Waals surface area contributed by atoms with Crippen molar-refractivity contribution in [2.75, 3.05) is 0 Å². The fourth-order valence-corrected chi connectivity index (χ4v) is 4.52. The molecule has 0 unspecified atom stereocenters. The Hall–Kier alpha value is -1.90. The summed E-state index contributed by atoms with van der Waals surface area (Å²) in [6.45, 7) is 8.32. The first-order valence-electron chi connectivity index (χ1n) is 9.24. The van der Waals surface area contributed by atoms with Gasteiger partial charge in [-0.25, -0.2) is 0 Å². The van der Waals surface area contributed by atoms with Crippen molar-refractivity contribution in [3.63, 3.8) is 0 Å². The lowest BCUT2D eigenvalue weighted by Crippen LogP contribution is -2.54. The summed E-state index contributed by atoms with van der Waals surface area (Å²) in [5.74, 6) is 0.493. The second kappa shape index (κ2) is 7.55. The first-order chi connectivity index (χ1) is 12.0. The van der Waals surface area contributed by atoms with Crippen molar-refractivity contribution in [2.24, 2.45) is 11.8 Å². The zero-order valence-corrected chi connectivity index (χ0v) is 15.2. The van der Waals surface area contributed by atoms with Crippen LogP contribution in [0.25, 0.3) is 0 Å². The van der Waals surface area contributed by atoms with Gasteiger partial charge in [0, 0.05) is 18.0 Å². The minimum Gasteiger partial charge on any atom is -0.389 e. The Balaban J connectivity index is 2.04. The molecule has 2 N–H and O–H groups in total. The Labute approximate surface area is 151 Å². The van der Waals surface area contributed by atoms with Crippen LogP contribution in [0.15, 0.2) is 73.3 Å². The smallest absolute Gasteiger partial charge is 0.0748 e. The zero-order valence-electron chi connectivity index (χ0n) is 15.2. The predicted octanol–water partition coefficient (Wildman–Crippen LogP) is 5.04. The molecule has 2 aromatic carbocycles. The van der Waals surface area contributed by atoms with E-state index in [1.165, 1.54) is 11.1 Å². The molecule has 0 amide bonds. The number of benzene rings is 2. The Kier molecular flexibility index (Phi) is 5.41. The molecule has 2 aromatic rings. The van der Waals surface area contributed by atoms with Gasteiger partial charge >= 0.3 is 0 Å². The SMILES string of the molecule is C=CC[C@]1(O)C[C@H](c2ccccc2)N[C@H](c2ccccc2)[C@H]1C(C)C. The van der Waals surface area contributed by atoms with E-state index in [0.29, 0.717) is 18.8 Å². The highest BCUT2D eigenvalue weighted by Gasteiger charge is 2.48. The van der Waals surface area contributed by atoms with Crippen LogP contribution in [-0.2, 0) is 0 Å². The second-order valence-electron chi connectivity index (χ2n) is 7.59. The number of nitrogens with one attached hydrogen (secondary N) is 1. The highest BCUT2D eigenvalue weighted by molar-refractivity contribution is 5.27. The molecule has 1 fully saturated rings. The highest BCUT2D eigenvalue weighted by Crippen LogP contribution is 2.48. The van der Waals surface area contributed by atoms with E-state index in [-0.39, 0.29) is 18.0 Å². The van der Waals surface area contributed by atoms with Gasteiger partial charge in [-0.05, 0) is 29.9 Å². The van der Waals surface area contributed by atoms with E-state index in [4.69, 9.17) is 0 Å². The molecule has 0 spiro atoms. The van der Waals surface area contributed by atoms with Crippen LogP contribution in [-0.4, -0.2) is 10.7 Å². The summed E-state index contributed by atoms with van der Waals surface area (Å²) >= 11 is 0. The molecule has 132 valence electrons. The molecule has 0 aromatic heterocycles. The minimum absolute atomic E-state index is 0.116. The molecule has 0 aliphatic carbocycles. The summed E-state index contributed by atoms with van der Waals surface area (Å²) in [6.07, 6.45) is 3.18. The minimum atomic E-state index is -0.762. The van der Waals surface area contributed by atoms with E-state index in [1.807, 2.05) is 18.2 Å². The van der Waals surface area contributed by atoms with Crippen LogP contribution < -0.4 is 5.32 Å². The van der Waals surface area contributed by atoms with Gasteiger partial charge in [-0.3, -0.25) is 0 Å². The molecule has 1 aliphatic rings. The average molecular weight is 335 g/mol. The number of hydrogen-bond donors (Lipinski definition) is 2. The summed E-state index contributed by atoms with van der Waals surface area (Å²) in [6, 6.07) is 21.2. The van der Waals surface area contributed by atoms with E-state index >= 15 is 0 Å². The number of hydrogen-bond acceptors (Lipinski definition) is 2. The lowest BCUT2D eigenvalue weighted by molar-refractivity contribution is -0.0902. The topological polar surface area (TPSA) is 32.3 Å². The molecular weight excluding hydrogens is 306 g/mol. The first-order valence-corrected chi connectivity index (χ1v) is 9.24. The van der Waals surface area contributed by atoms with Crippen molar-refractivity contribution in [2.45, 2.75) is 44.4 Å². The van der Waals surface area contributed by atoms with E-state index in [2.05, 4.69) is 74.3 Å². The van der Waals surface area contributed by atoms with Crippen LogP contribution in [0.3, 0.4) is 0 Å². The lowest BCUT2D eigenvalue weighted by atomic mass is 9.65. The van der Waals surface area contributed by atoms with Gasteiger partial charge in [0.05, 0.1) is 5.60 Å². The molecule has 0 radical (unpaired) electrons. The number of piperidine rings is 1. The van der Waals surface area contributed by atoms with E-state index in [9.17, 15) is 5.11 Å². The zero-order chi connectivity index (χ0) is 17.9. The Morgan fingerprint density at radius 3 is 2.16 bits per heavy atom. The molecule has 0 bridgehead atoms. The van der Waals surface area contributed by atoms with Crippen LogP contribution in [0.1, 0.15) is 49.9 Å². The van der Waals surface area contributed by atoms with Gasteiger partial charge < -0.3 is 10.4 Å². The first kappa shape index (κ1) is 17.9. The second-order valence-corrected chi connectivity index (χ2v) is 7.59. The maximum atomic E-state index is 11.7. The monoisotopic (exact) mass is 335 g/mol. The molecule has 2 nitrogen and oxygen atoms in total. The molecule has 3 rings (SSSR count). The summed E-state index contributed by atoms with van der Waals surface area (Å²) in [5, 5.41) is 15.5. The van der Waals surface area contributed by atoms with Gasteiger partial charge in [0.1, 0.15) is 0 Å². The molecule has 1 aliphatic heterocycles. The third kappa shape index (κ3) is 3.70. The van der Waals surface area contributed by atoms with Gasteiger partial charge in [-0.15, -0.1) is 6.58 Å². The number of rotatable bonds is 5. The van der Waals surface area contributed by atoms with Crippen LogP contribution in [0.2, 0.25) is 0 Å². The predicted molar refractivity (Wildman–Crippen MR) is 104 cm³/mol. The Morgan fingerprint density at radius 1 is 1.08 bits per heavy atom. The fraction of sp³-hybridized carbons (Fsp3) is 0.391. The van der Waals surface area contributed by atoms with Crippen LogP contribution in [0, 0.1) is 11.8 Å². The van der Waals surface area contributed by atoms with Crippen molar-refractivity contribution in [3.05, 3.63) is 84.4 Å². The van der Waals surface area contributed by atoms with Crippen molar-refractivity contribution >= 4 is 0 Å². The number of aliphatic hydroxyl groups is 1. The summed E-state index contributed by atoms with van der Waals surface area (Å²) in [5.41, 5.74) is 1.71. The lowest BCUT2D eigenvalue weighted by Gasteiger charge is -2.50. The normalized spacial score (nSPS) is 29.5. The molecule has 2 heteroatoms. The molecule has 0 saturated carbocycles. The fourth-order valence-electron chi connectivity index (χ4n) is 4.52. The van der Waals surface area contributed by atoms with Gasteiger partial charge in [0.15, 0.2) is 0 Å². The van der Waals surface area contributed by atoms with E-state index in [1.54, 1.807) is 0 Å². The Morgan fingerprint density at radius 2 is 1.64 bits per heavy atom. The van der Waals surface area contributed by atoms with E-state index < -0.39 is 5.60 Å². The largest absolute Gasteiger partial charge is 0.389 e. The molecule has 25 heavy (non-hydrogen) atoms. The molecular formula is C23H29NO. The third-order valence-electron chi connectivity index (χ3n) is 5.49. The van der Waals surface area contributed by atoms with Gasteiger partial charge in [-0.1, -0.05) is 80.6 Å². The quantitative estimate of drug-likeness (QED) is 0.750. The maximum Gasteiger partial charge on any atom is 0.0748 e. The standard InChI is InChI=1S/C23H29NO/c1-4-15-23(25)16-20(18-11-7-5-8-12-18)24-22(21(23)17(2)3)19-13-9-6-10-14-19/h4-14,17,20-22,24-25H,1,15-16H2,2-3H3/t20-,21-,22-,23+/m1/s1. The maximum absolute atomic E-state index is 11.7. The summed E-state index contributed by atoms with van der Waals surface area (Å²) < 4.78 is 0. The summed E-state index contributed by atoms with van der Waals surface area (Å²) in [4.78, 5) is 0. The van der Waals surface area contributed by atoms with Crippen molar-refractivity contribution < 1.29 is 5.11 Å². The van der Waals surface area contributed by atoms with Crippen LogP contribution in [0.4, 0.5) is 0 Å². The highest BCUT2D eigenvalue weighted by atomic mass is 16.3.